The molecule has 1 fully saturated rings. The Morgan fingerprint density at radius 3 is 2.04 bits per heavy atom. The lowest BCUT2D eigenvalue weighted by Gasteiger charge is -2.42. The van der Waals surface area contributed by atoms with Crippen LogP contribution in [0.1, 0.15) is 79.1 Å². The third-order valence-electron chi connectivity index (χ3n) is 5.56. The summed E-state index contributed by atoms with van der Waals surface area (Å²) in [5, 5.41) is 1.63. The maximum atomic E-state index is 3.09. The summed E-state index contributed by atoms with van der Waals surface area (Å²) in [6.07, 6.45) is 12.5. The lowest BCUT2D eigenvalue weighted by atomic mass is 10.1. The zero-order valence-corrected chi connectivity index (χ0v) is 18.7. The standard InChI is InChI=1S/C22H39NP2/c1-5-9-18-23(25-20(7-3)16-17-21(25)8-4)24(19-10-6-2)22-14-12-11-13-15-22/h11-15,20-21H,5-10,16-19H2,1-4H3/t20-,21-,24?/m1/s1. The molecule has 25 heavy (non-hydrogen) atoms. The molecule has 1 aromatic carbocycles. The van der Waals surface area contributed by atoms with Crippen LogP contribution in [-0.2, 0) is 0 Å². The van der Waals surface area contributed by atoms with Gasteiger partial charge in [0.05, 0.1) is 0 Å². The highest BCUT2D eigenvalue weighted by Crippen LogP contribution is 2.67. The van der Waals surface area contributed by atoms with Gasteiger partial charge in [0.2, 0.25) is 0 Å². The average molecular weight is 380 g/mol. The number of nitrogens with zero attached hydrogens (tertiary/aromatic N) is 1. The van der Waals surface area contributed by atoms with Gasteiger partial charge in [-0.2, -0.15) is 0 Å². The van der Waals surface area contributed by atoms with E-state index < -0.39 is 0 Å². The summed E-state index contributed by atoms with van der Waals surface area (Å²) in [7, 11) is -0.115. The van der Waals surface area contributed by atoms with Crippen molar-refractivity contribution in [2.24, 2.45) is 0 Å². The largest absolute Gasteiger partial charge is 0.256 e. The molecule has 0 radical (unpaired) electrons. The maximum absolute atomic E-state index is 3.09. The van der Waals surface area contributed by atoms with Crippen molar-refractivity contribution in [3.05, 3.63) is 30.3 Å². The first-order chi connectivity index (χ1) is 12.3. The van der Waals surface area contributed by atoms with Gasteiger partial charge in [0.25, 0.3) is 0 Å². The SMILES string of the molecule is CCCCN(P(CCCC)c1ccccc1)P1[C@H](CC)CC[C@H]1CC. The summed E-state index contributed by atoms with van der Waals surface area (Å²) < 4.78 is 3.09. The van der Waals surface area contributed by atoms with Gasteiger partial charge in [-0.25, -0.2) is 0 Å². The highest BCUT2D eigenvalue weighted by Gasteiger charge is 2.40. The molecule has 1 aromatic rings. The van der Waals surface area contributed by atoms with Gasteiger partial charge in [-0.1, -0.05) is 70.9 Å². The molecule has 1 saturated heterocycles. The second-order valence-electron chi connectivity index (χ2n) is 7.34. The fourth-order valence-corrected chi connectivity index (χ4v) is 12.1. The zero-order valence-electron chi connectivity index (χ0n) is 17.0. The minimum atomic E-state index is -0.150. The molecule has 0 aliphatic carbocycles. The lowest BCUT2D eigenvalue weighted by Crippen LogP contribution is -2.26. The van der Waals surface area contributed by atoms with Crippen LogP contribution >= 0.6 is 16.1 Å². The number of unbranched alkanes of at least 4 members (excludes halogenated alkanes) is 2. The third-order valence-corrected chi connectivity index (χ3v) is 12.7. The molecule has 0 bridgehead atoms. The quantitative estimate of drug-likeness (QED) is 0.363. The minimum absolute atomic E-state index is 0.0354. The van der Waals surface area contributed by atoms with Crippen LogP contribution in [0.5, 0.6) is 0 Å². The van der Waals surface area contributed by atoms with Crippen molar-refractivity contribution in [3.8, 4) is 0 Å². The van der Waals surface area contributed by atoms with Gasteiger partial charge < -0.3 is 0 Å². The van der Waals surface area contributed by atoms with E-state index in [0.29, 0.717) is 0 Å². The number of hydrogen-bond donors (Lipinski definition) is 0. The Kier molecular flexibility index (Phi) is 9.98. The minimum Gasteiger partial charge on any atom is -0.256 e. The first-order valence-corrected chi connectivity index (χ1v) is 13.6. The van der Waals surface area contributed by atoms with E-state index in [1.54, 1.807) is 5.30 Å². The summed E-state index contributed by atoms with van der Waals surface area (Å²) in [4.78, 5) is 0. The number of benzene rings is 1. The van der Waals surface area contributed by atoms with E-state index >= 15 is 0 Å². The lowest BCUT2D eigenvalue weighted by molar-refractivity contribution is 0.621. The van der Waals surface area contributed by atoms with E-state index in [9.17, 15) is 0 Å². The average Bonchev–Trinajstić information content (AvgIpc) is 3.08. The fourth-order valence-electron chi connectivity index (χ4n) is 4.05. The first-order valence-electron chi connectivity index (χ1n) is 10.6. The van der Waals surface area contributed by atoms with E-state index in [-0.39, 0.29) is 16.1 Å². The van der Waals surface area contributed by atoms with Crippen LogP contribution < -0.4 is 5.30 Å². The summed E-state index contributed by atoms with van der Waals surface area (Å²) in [6, 6.07) is 11.5. The van der Waals surface area contributed by atoms with Crippen LogP contribution in [0.25, 0.3) is 0 Å². The van der Waals surface area contributed by atoms with E-state index in [1.165, 1.54) is 64.1 Å². The predicted molar refractivity (Wildman–Crippen MR) is 119 cm³/mol. The Hall–Kier alpha value is 0.0400. The molecule has 1 heterocycles. The Morgan fingerprint density at radius 2 is 1.52 bits per heavy atom. The second-order valence-corrected chi connectivity index (χ2v) is 12.6. The van der Waals surface area contributed by atoms with Gasteiger partial charge in [0.15, 0.2) is 0 Å². The normalized spacial score (nSPS) is 22.6. The van der Waals surface area contributed by atoms with Gasteiger partial charge in [-0.05, 0) is 77.5 Å². The van der Waals surface area contributed by atoms with Crippen LogP contribution in [-0.4, -0.2) is 28.5 Å². The van der Waals surface area contributed by atoms with Crippen molar-refractivity contribution in [2.75, 3.05) is 12.7 Å². The molecular weight excluding hydrogens is 340 g/mol. The fraction of sp³-hybridized carbons (Fsp3) is 0.727. The predicted octanol–water partition coefficient (Wildman–Crippen LogP) is 7.36. The van der Waals surface area contributed by atoms with E-state index in [4.69, 9.17) is 0 Å². The molecule has 1 aliphatic rings. The summed E-state index contributed by atoms with van der Waals surface area (Å²) in [5.74, 6) is 0. The van der Waals surface area contributed by atoms with Gasteiger partial charge in [-0.15, -0.1) is 0 Å². The highest BCUT2D eigenvalue weighted by atomic mass is 31.2. The molecule has 1 nitrogen and oxygen atoms in total. The smallest absolute Gasteiger partial charge is 0.00648 e. The van der Waals surface area contributed by atoms with Crippen LogP contribution in [0.3, 0.4) is 0 Å². The van der Waals surface area contributed by atoms with Crippen molar-refractivity contribution in [1.29, 1.82) is 0 Å². The third kappa shape index (κ3) is 5.76. The summed E-state index contributed by atoms with van der Waals surface area (Å²) in [6.45, 7) is 10.9. The molecule has 1 aliphatic heterocycles. The Balaban J connectivity index is 2.33. The topological polar surface area (TPSA) is 3.24 Å². The van der Waals surface area contributed by atoms with Crippen LogP contribution in [0.4, 0.5) is 0 Å². The van der Waals surface area contributed by atoms with E-state index in [0.717, 1.165) is 11.3 Å². The van der Waals surface area contributed by atoms with Gasteiger partial charge in [0, 0.05) is 6.54 Å². The maximum Gasteiger partial charge on any atom is 0.00648 e. The number of hydrogen-bond acceptors (Lipinski definition) is 1. The second kappa shape index (κ2) is 11.7. The van der Waals surface area contributed by atoms with Crippen molar-refractivity contribution in [3.63, 3.8) is 0 Å². The van der Waals surface area contributed by atoms with Crippen molar-refractivity contribution >= 4 is 21.4 Å². The van der Waals surface area contributed by atoms with Gasteiger partial charge in [-0.3, -0.25) is 4.44 Å². The molecule has 0 amide bonds. The molecule has 3 heteroatoms. The molecule has 3 atom stereocenters. The summed E-state index contributed by atoms with van der Waals surface area (Å²) >= 11 is 0. The molecule has 0 N–H and O–H groups in total. The van der Waals surface area contributed by atoms with Gasteiger partial charge >= 0.3 is 0 Å². The first kappa shape index (κ1) is 21.3. The van der Waals surface area contributed by atoms with E-state index in [1.807, 2.05) is 0 Å². The summed E-state index contributed by atoms with van der Waals surface area (Å²) in [5.41, 5.74) is 1.96. The molecule has 2 rings (SSSR count). The Labute approximate surface area is 159 Å². The molecule has 0 aromatic heterocycles. The zero-order chi connectivity index (χ0) is 18.1. The van der Waals surface area contributed by atoms with Crippen LogP contribution in [0.15, 0.2) is 30.3 Å². The highest BCUT2D eigenvalue weighted by molar-refractivity contribution is 7.75. The van der Waals surface area contributed by atoms with Gasteiger partial charge in [0.1, 0.15) is 0 Å². The van der Waals surface area contributed by atoms with Crippen molar-refractivity contribution in [1.82, 2.24) is 4.44 Å². The molecule has 0 saturated carbocycles. The van der Waals surface area contributed by atoms with Crippen LogP contribution in [0, 0.1) is 0 Å². The van der Waals surface area contributed by atoms with Crippen LogP contribution in [0.2, 0.25) is 0 Å². The van der Waals surface area contributed by atoms with Crippen molar-refractivity contribution < 1.29 is 0 Å². The Bertz CT molecular complexity index is 452. The monoisotopic (exact) mass is 379 g/mol. The number of rotatable bonds is 11. The van der Waals surface area contributed by atoms with E-state index in [2.05, 4.69) is 62.5 Å². The van der Waals surface area contributed by atoms with Crippen molar-refractivity contribution in [2.45, 2.75) is 90.4 Å². The molecular formula is C22H39NP2. The molecule has 0 spiro atoms. The molecule has 1 unspecified atom stereocenters. The molecule has 142 valence electrons. The Morgan fingerprint density at radius 1 is 0.920 bits per heavy atom.